The topological polar surface area (TPSA) is 70.3 Å². The zero-order valence-corrected chi connectivity index (χ0v) is 17.4. The SMILES string of the molecule is CC1(C)C(C=C(Cl)C(F)(F)F)C1(C(=O)O)C(C#N)c1cccc(Oc2ccccc2)c1. The van der Waals surface area contributed by atoms with E-state index in [0.717, 1.165) is 0 Å². The van der Waals surface area contributed by atoms with Gasteiger partial charge in [0.05, 0.1) is 12.0 Å². The highest BCUT2D eigenvalue weighted by molar-refractivity contribution is 6.30. The first-order chi connectivity index (χ1) is 14.5. The van der Waals surface area contributed by atoms with Crippen LogP contribution in [0.3, 0.4) is 0 Å². The number of hydrogen-bond donors (Lipinski definition) is 1. The number of hydrogen-bond acceptors (Lipinski definition) is 3. The van der Waals surface area contributed by atoms with Crippen molar-refractivity contribution >= 4 is 17.6 Å². The van der Waals surface area contributed by atoms with E-state index in [-0.39, 0.29) is 0 Å². The Labute approximate surface area is 182 Å². The second-order valence-electron chi connectivity index (χ2n) is 7.94. The highest BCUT2D eigenvalue weighted by Gasteiger charge is 2.78. The molecule has 1 aliphatic rings. The maximum Gasteiger partial charge on any atom is 0.426 e. The second kappa shape index (κ2) is 7.93. The summed E-state index contributed by atoms with van der Waals surface area (Å²) in [6.45, 7) is 3.05. The van der Waals surface area contributed by atoms with Crippen LogP contribution in [0, 0.1) is 28.1 Å². The molecular formula is C23H19ClF3NO3. The monoisotopic (exact) mass is 449 g/mol. The van der Waals surface area contributed by atoms with E-state index >= 15 is 0 Å². The summed E-state index contributed by atoms with van der Waals surface area (Å²) in [7, 11) is 0. The van der Waals surface area contributed by atoms with Crippen LogP contribution in [0.15, 0.2) is 65.7 Å². The highest BCUT2D eigenvalue weighted by Crippen LogP contribution is 2.75. The fourth-order valence-electron chi connectivity index (χ4n) is 4.32. The molecule has 0 saturated heterocycles. The number of aliphatic carboxylic acids is 1. The molecule has 1 saturated carbocycles. The van der Waals surface area contributed by atoms with E-state index in [1.807, 2.05) is 12.1 Å². The van der Waals surface area contributed by atoms with Crippen LogP contribution in [0.4, 0.5) is 13.2 Å². The van der Waals surface area contributed by atoms with E-state index in [1.54, 1.807) is 42.5 Å². The lowest BCUT2D eigenvalue weighted by Gasteiger charge is -2.22. The van der Waals surface area contributed by atoms with Gasteiger partial charge in [0, 0.05) is 5.92 Å². The highest BCUT2D eigenvalue weighted by atomic mass is 35.5. The maximum absolute atomic E-state index is 13.0. The molecule has 2 aromatic rings. The third-order valence-corrected chi connectivity index (χ3v) is 6.28. The lowest BCUT2D eigenvalue weighted by Crippen LogP contribution is -2.29. The van der Waals surface area contributed by atoms with Gasteiger partial charge < -0.3 is 9.84 Å². The molecule has 0 heterocycles. The maximum atomic E-state index is 13.0. The van der Waals surface area contributed by atoms with Crippen molar-refractivity contribution in [1.82, 2.24) is 0 Å². The first-order valence-electron chi connectivity index (χ1n) is 9.36. The molecule has 0 amide bonds. The molecule has 8 heteroatoms. The van der Waals surface area contributed by atoms with Gasteiger partial charge in [-0.05, 0) is 35.2 Å². The normalized spacial score (nSPS) is 23.5. The van der Waals surface area contributed by atoms with Gasteiger partial charge in [0.25, 0.3) is 0 Å². The van der Waals surface area contributed by atoms with Crippen LogP contribution in [0.5, 0.6) is 11.5 Å². The zero-order valence-electron chi connectivity index (χ0n) is 16.7. The Kier molecular flexibility index (Phi) is 5.81. The number of nitrogens with zero attached hydrogens (tertiary/aromatic N) is 1. The molecule has 0 radical (unpaired) electrons. The summed E-state index contributed by atoms with van der Waals surface area (Å²) < 4.78 is 44.7. The summed E-state index contributed by atoms with van der Waals surface area (Å²) in [4.78, 5) is 12.4. The molecule has 1 N–H and O–H groups in total. The number of halogens is 4. The van der Waals surface area contributed by atoms with Crippen LogP contribution in [0.25, 0.3) is 0 Å². The minimum Gasteiger partial charge on any atom is -0.481 e. The molecule has 3 rings (SSSR count). The fraction of sp³-hybridized carbons (Fsp3) is 0.304. The molecule has 0 bridgehead atoms. The average molecular weight is 450 g/mol. The summed E-state index contributed by atoms with van der Waals surface area (Å²) in [5.41, 5.74) is -2.58. The number of carboxylic acid groups (broad SMARTS) is 1. The van der Waals surface area contributed by atoms with E-state index in [0.29, 0.717) is 23.1 Å². The molecule has 1 fully saturated rings. The minimum absolute atomic E-state index is 0.338. The molecule has 4 nitrogen and oxygen atoms in total. The van der Waals surface area contributed by atoms with Gasteiger partial charge in [0.1, 0.15) is 21.9 Å². The van der Waals surface area contributed by atoms with E-state index in [1.165, 1.54) is 19.9 Å². The lowest BCUT2D eigenvalue weighted by atomic mass is 9.78. The Morgan fingerprint density at radius 3 is 2.35 bits per heavy atom. The van der Waals surface area contributed by atoms with E-state index in [9.17, 15) is 28.3 Å². The Bertz CT molecular complexity index is 1060. The fourth-order valence-corrected chi connectivity index (χ4v) is 4.45. The largest absolute Gasteiger partial charge is 0.481 e. The van der Waals surface area contributed by atoms with Crippen molar-refractivity contribution in [3.8, 4) is 17.6 Å². The summed E-state index contributed by atoms with van der Waals surface area (Å²) in [5, 5.41) is 18.6. The number of allylic oxidation sites excluding steroid dienone is 2. The van der Waals surface area contributed by atoms with Gasteiger partial charge in [0.2, 0.25) is 0 Å². The lowest BCUT2D eigenvalue weighted by molar-refractivity contribution is -0.145. The van der Waals surface area contributed by atoms with Crippen LogP contribution < -0.4 is 4.74 Å². The van der Waals surface area contributed by atoms with Gasteiger partial charge >= 0.3 is 12.1 Å². The van der Waals surface area contributed by atoms with Crippen molar-refractivity contribution in [1.29, 1.82) is 5.26 Å². The van der Waals surface area contributed by atoms with Crippen LogP contribution in [-0.2, 0) is 4.79 Å². The van der Waals surface area contributed by atoms with Crippen molar-refractivity contribution in [2.24, 2.45) is 16.7 Å². The number of ether oxygens (including phenoxy) is 1. The summed E-state index contributed by atoms with van der Waals surface area (Å²) >= 11 is 5.40. The van der Waals surface area contributed by atoms with Crippen molar-refractivity contribution in [3.63, 3.8) is 0 Å². The van der Waals surface area contributed by atoms with Gasteiger partial charge in [-0.15, -0.1) is 0 Å². The molecular weight excluding hydrogens is 431 g/mol. The minimum atomic E-state index is -4.80. The molecule has 162 valence electrons. The molecule has 0 aliphatic heterocycles. The number of alkyl halides is 3. The van der Waals surface area contributed by atoms with Crippen molar-refractivity contribution in [3.05, 3.63) is 71.3 Å². The van der Waals surface area contributed by atoms with Gasteiger partial charge in [0.15, 0.2) is 0 Å². The number of nitriles is 1. The molecule has 3 unspecified atom stereocenters. The average Bonchev–Trinajstić information content (AvgIpc) is 3.18. The number of para-hydroxylation sites is 1. The Hall–Kier alpha value is -2.98. The number of rotatable bonds is 6. The Balaban J connectivity index is 2.03. The summed E-state index contributed by atoms with van der Waals surface area (Å²) in [5.74, 6) is -2.74. The van der Waals surface area contributed by atoms with E-state index in [4.69, 9.17) is 16.3 Å². The number of carboxylic acids is 1. The third kappa shape index (κ3) is 3.88. The smallest absolute Gasteiger partial charge is 0.426 e. The van der Waals surface area contributed by atoms with Gasteiger partial charge in [-0.25, -0.2) is 0 Å². The number of benzene rings is 2. The van der Waals surface area contributed by atoms with Crippen LogP contribution >= 0.6 is 11.6 Å². The first kappa shape index (κ1) is 22.7. The third-order valence-electron chi connectivity index (χ3n) is 5.94. The summed E-state index contributed by atoms with van der Waals surface area (Å²) in [6, 6.07) is 17.2. The van der Waals surface area contributed by atoms with Crippen molar-refractivity contribution in [2.75, 3.05) is 0 Å². The predicted molar refractivity (Wildman–Crippen MR) is 109 cm³/mol. The van der Waals surface area contributed by atoms with Gasteiger partial charge in [-0.2, -0.15) is 18.4 Å². The van der Waals surface area contributed by atoms with Gasteiger partial charge in [-0.3, -0.25) is 4.79 Å². The molecule has 2 aromatic carbocycles. The van der Waals surface area contributed by atoms with Crippen LogP contribution in [0.1, 0.15) is 25.3 Å². The molecule has 1 aliphatic carbocycles. The van der Waals surface area contributed by atoms with Crippen LogP contribution in [-0.4, -0.2) is 17.3 Å². The Morgan fingerprint density at radius 1 is 1.19 bits per heavy atom. The second-order valence-corrected chi connectivity index (χ2v) is 8.34. The standard InChI is InChI=1S/C23H19ClF3NO3/c1-21(2)18(12-19(24)23(25,26)27)22(21,20(29)30)17(13-28)14-7-6-10-16(11-14)31-15-8-4-3-5-9-15/h3-12,17-18H,1-2H3,(H,29,30). The van der Waals surface area contributed by atoms with E-state index < -0.39 is 39.8 Å². The summed E-state index contributed by atoms with van der Waals surface area (Å²) in [6.07, 6.45) is -4.08. The van der Waals surface area contributed by atoms with Crippen molar-refractivity contribution in [2.45, 2.75) is 25.9 Å². The quantitative estimate of drug-likeness (QED) is 0.546. The predicted octanol–water partition coefficient (Wildman–Crippen LogP) is 6.50. The molecule has 0 spiro atoms. The molecule has 0 aromatic heterocycles. The molecule has 31 heavy (non-hydrogen) atoms. The molecule has 3 atom stereocenters. The van der Waals surface area contributed by atoms with Crippen molar-refractivity contribution < 1.29 is 27.8 Å². The Morgan fingerprint density at radius 2 is 1.81 bits per heavy atom. The number of carbonyl (C=O) groups is 1. The van der Waals surface area contributed by atoms with Crippen LogP contribution in [0.2, 0.25) is 0 Å². The first-order valence-corrected chi connectivity index (χ1v) is 9.74. The van der Waals surface area contributed by atoms with E-state index in [2.05, 4.69) is 0 Å². The van der Waals surface area contributed by atoms with Gasteiger partial charge in [-0.1, -0.05) is 61.9 Å². The zero-order chi connectivity index (χ0) is 23.0.